The molecule has 0 radical (unpaired) electrons. The van der Waals surface area contributed by atoms with Gasteiger partial charge in [-0.2, -0.15) is 0 Å². The summed E-state index contributed by atoms with van der Waals surface area (Å²) in [4.78, 5) is 40.3. The van der Waals surface area contributed by atoms with E-state index in [0.29, 0.717) is 18.7 Å². The fraction of sp³-hybridized carbons (Fsp3) is 0.318. The molecule has 1 fully saturated rings. The summed E-state index contributed by atoms with van der Waals surface area (Å²) in [5, 5.41) is 4.83. The summed E-state index contributed by atoms with van der Waals surface area (Å²) >= 11 is 0. The average Bonchev–Trinajstić information content (AvgIpc) is 2.75. The van der Waals surface area contributed by atoms with E-state index in [1.54, 1.807) is 6.92 Å². The van der Waals surface area contributed by atoms with Gasteiger partial charge in [-0.25, -0.2) is 4.79 Å². The van der Waals surface area contributed by atoms with Gasteiger partial charge in [0.1, 0.15) is 6.04 Å². The van der Waals surface area contributed by atoms with Crippen molar-refractivity contribution in [3.05, 3.63) is 65.7 Å². The summed E-state index contributed by atoms with van der Waals surface area (Å²) in [5.74, 6) is -0.288. The van der Waals surface area contributed by atoms with Crippen LogP contribution in [0.15, 0.2) is 54.6 Å². The number of imide groups is 1. The zero-order valence-electron chi connectivity index (χ0n) is 16.7. The maximum atomic E-state index is 12.8. The van der Waals surface area contributed by atoms with Crippen LogP contribution in [0.3, 0.4) is 0 Å². The fourth-order valence-corrected chi connectivity index (χ4v) is 3.55. The van der Waals surface area contributed by atoms with Gasteiger partial charge < -0.3 is 10.2 Å². The van der Waals surface area contributed by atoms with Gasteiger partial charge in [0, 0.05) is 44.5 Å². The van der Waals surface area contributed by atoms with Crippen LogP contribution < -0.4 is 15.5 Å². The molecule has 1 heterocycles. The van der Waals surface area contributed by atoms with Crippen molar-refractivity contribution in [2.45, 2.75) is 13.0 Å². The number of piperazine rings is 1. The van der Waals surface area contributed by atoms with E-state index >= 15 is 0 Å². The third kappa shape index (κ3) is 5.00. The van der Waals surface area contributed by atoms with Crippen LogP contribution in [0.4, 0.5) is 10.5 Å². The van der Waals surface area contributed by atoms with E-state index in [-0.39, 0.29) is 11.7 Å². The molecule has 3 rings (SSSR count). The third-order valence-electron chi connectivity index (χ3n) is 5.15. The molecule has 1 aliphatic heterocycles. The largest absolute Gasteiger partial charge is 0.369 e. The predicted molar refractivity (Wildman–Crippen MR) is 112 cm³/mol. The van der Waals surface area contributed by atoms with E-state index in [1.807, 2.05) is 54.6 Å². The lowest BCUT2D eigenvalue weighted by atomic mass is 10.0. The van der Waals surface area contributed by atoms with Gasteiger partial charge in [0.25, 0.3) is 0 Å². The first kappa shape index (κ1) is 20.5. The monoisotopic (exact) mass is 394 g/mol. The van der Waals surface area contributed by atoms with E-state index in [2.05, 4.69) is 20.4 Å². The molecular formula is C22H26N4O3. The Bertz CT molecular complexity index is 859. The van der Waals surface area contributed by atoms with Crippen LogP contribution in [-0.4, -0.2) is 55.8 Å². The zero-order chi connectivity index (χ0) is 20.8. The molecular weight excluding hydrogens is 368 g/mol. The smallest absolute Gasteiger partial charge is 0.321 e. The van der Waals surface area contributed by atoms with E-state index in [4.69, 9.17) is 0 Å². The number of ketones is 1. The van der Waals surface area contributed by atoms with E-state index in [1.165, 1.54) is 7.05 Å². The van der Waals surface area contributed by atoms with Crippen molar-refractivity contribution in [3.63, 3.8) is 0 Å². The van der Waals surface area contributed by atoms with Crippen LogP contribution in [0.5, 0.6) is 0 Å². The van der Waals surface area contributed by atoms with Gasteiger partial charge in [0.15, 0.2) is 5.78 Å². The number of benzene rings is 2. The number of nitrogens with one attached hydrogen (secondary N) is 2. The molecule has 2 N–H and O–H groups in total. The van der Waals surface area contributed by atoms with Crippen LogP contribution in [0.25, 0.3) is 0 Å². The van der Waals surface area contributed by atoms with Crippen molar-refractivity contribution < 1.29 is 14.4 Å². The first-order valence-electron chi connectivity index (χ1n) is 9.67. The van der Waals surface area contributed by atoms with Crippen LogP contribution >= 0.6 is 0 Å². The fourth-order valence-electron chi connectivity index (χ4n) is 3.55. The molecule has 0 aromatic heterocycles. The molecule has 0 saturated carbocycles. The molecule has 1 atom stereocenters. The van der Waals surface area contributed by atoms with Gasteiger partial charge in [0.2, 0.25) is 5.91 Å². The normalized spacial score (nSPS) is 15.4. The Kier molecular flexibility index (Phi) is 6.61. The van der Waals surface area contributed by atoms with Crippen LogP contribution in [0.1, 0.15) is 28.9 Å². The number of carbonyl (C=O) groups excluding carboxylic acids is 3. The topological polar surface area (TPSA) is 81.8 Å². The zero-order valence-corrected chi connectivity index (χ0v) is 16.7. The second-order valence-electron chi connectivity index (χ2n) is 7.01. The molecule has 3 amide bonds. The predicted octanol–water partition coefficient (Wildman–Crippen LogP) is 2.21. The molecule has 1 aliphatic rings. The molecule has 0 spiro atoms. The quantitative estimate of drug-likeness (QED) is 0.760. The maximum Gasteiger partial charge on any atom is 0.321 e. The van der Waals surface area contributed by atoms with Crippen molar-refractivity contribution >= 4 is 23.4 Å². The highest BCUT2D eigenvalue weighted by atomic mass is 16.2. The minimum atomic E-state index is -0.532. The van der Waals surface area contributed by atoms with E-state index in [0.717, 1.165) is 24.3 Å². The van der Waals surface area contributed by atoms with Crippen molar-refractivity contribution in [1.29, 1.82) is 0 Å². The first-order valence-corrected chi connectivity index (χ1v) is 9.67. The number of Topliss-reactive ketones (excluding diaryl/α,β-unsaturated/α-hetero) is 1. The lowest BCUT2D eigenvalue weighted by Gasteiger charge is -2.39. The number of hydrogen-bond donors (Lipinski definition) is 2. The molecule has 152 valence electrons. The summed E-state index contributed by atoms with van der Waals surface area (Å²) in [6.45, 7) is 4.40. The number of amides is 3. The number of nitrogens with zero attached hydrogens (tertiary/aromatic N) is 2. The number of rotatable bonds is 5. The van der Waals surface area contributed by atoms with Crippen LogP contribution in [0.2, 0.25) is 0 Å². The SMILES string of the molecule is CNC(=O)NC(=O)[C@H](c1ccccc1)N1CCN(c2ccc(C(C)=O)cc2)CC1. The van der Waals surface area contributed by atoms with Gasteiger partial charge in [-0.15, -0.1) is 0 Å². The minimum absolute atomic E-state index is 0.0502. The molecule has 0 bridgehead atoms. The molecule has 29 heavy (non-hydrogen) atoms. The Morgan fingerprint density at radius 2 is 1.52 bits per heavy atom. The molecule has 0 unspecified atom stereocenters. The first-order chi connectivity index (χ1) is 14.0. The number of hydrogen-bond acceptors (Lipinski definition) is 5. The molecule has 7 nitrogen and oxygen atoms in total. The Morgan fingerprint density at radius 1 is 0.897 bits per heavy atom. The second kappa shape index (κ2) is 9.34. The number of carbonyl (C=O) groups is 3. The third-order valence-corrected chi connectivity index (χ3v) is 5.15. The average molecular weight is 394 g/mol. The maximum absolute atomic E-state index is 12.8. The lowest BCUT2D eigenvalue weighted by molar-refractivity contribution is -0.125. The summed E-state index contributed by atoms with van der Waals surface area (Å²) in [6.07, 6.45) is 0. The Morgan fingerprint density at radius 3 is 2.07 bits per heavy atom. The standard InChI is InChI=1S/C22H26N4O3/c1-16(27)17-8-10-19(11-9-17)25-12-14-26(15-13-25)20(18-6-4-3-5-7-18)21(28)24-22(29)23-2/h3-11,20H,12-15H2,1-2H3,(H2,23,24,28,29)/t20-/m0/s1. The second-order valence-corrected chi connectivity index (χ2v) is 7.01. The summed E-state index contributed by atoms with van der Waals surface area (Å²) in [5.41, 5.74) is 2.61. The molecule has 2 aromatic carbocycles. The Balaban J connectivity index is 1.71. The molecule has 2 aromatic rings. The van der Waals surface area contributed by atoms with E-state index in [9.17, 15) is 14.4 Å². The van der Waals surface area contributed by atoms with Gasteiger partial charge in [0.05, 0.1) is 0 Å². The number of urea groups is 1. The van der Waals surface area contributed by atoms with Crippen LogP contribution in [0, 0.1) is 0 Å². The number of anilines is 1. The van der Waals surface area contributed by atoms with Crippen molar-refractivity contribution in [2.75, 3.05) is 38.1 Å². The van der Waals surface area contributed by atoms with Crippen molar-refractivity contribution in [1.82, 2.24) is 15.5 Å². The van der Waals surface area contributed by atoms with Crippen LogP contribution in [-0.2, 0) is 4.79 Å². The van der Waals surface area contributed by atoms with Crippen molar-refractivity contribution in [2.24, 2.45) is 0 Å². The molecule has 1 saturated heterocycles. The Hall–Kier alpha value is -3.19. The summed E-state index contributed by atoms with van der Waals surface area (Å²) in [6, 6.07) is 16.0. The molecule has 0 aliphatic carbocycles. The Labute approximate surface area is 170 Å². The minimum Gasteiger partial charge on any atom is -0.369 e. The van der Waals surface area contributed by atoms with Gasteiger partial charge >= 0.3 is 6.03 Å². The highest BCUT2D eigenvalue weighted by Gasteiger charge is 2.31. The lowest BCUT2D eigenvalue weighted by Crippen LogP contribution is -2.52. The highest BCUT2D eigenvalue weighted by molar-refractivity contribution is 5.97. The highest BCUT2D eigenvalue weighted by Crippen LogP contribution is 2.25. The molecule has 7 heteroatoms. The van der Waals surface area contributed by atoms with E-state index < -0.39 is 12.1 Å². The summed E-state index contributed by atoms with van der Waals surface area (Å²) < 4.78 is 0. The summed E-state index contributed by atoms with van der Waals surface area (Å²) in [7, 11) is 1.48. The van der Waals surface area contributed by atoms with Gasteiger partial charge in [-0.05, 0) is 36.8 Å². The van der Waals surface area contributed by atoms with Gasteiger partial charge in [-0.1, -0.05) is 30.3 Å². The van der Waals surface area contributed by atoms with Crippen molar-refractivity contribution in [3.8, 4) is 0 Å². The van der Waals surface area contributed by atoms with Gasteiger partial charge in [-0.3, -0.25) is 19.8 Å².